The largest absolute Gasteiger partial charge is 0.377 e. The topological polar surface area (TPSA) is 3.24 Å². The molecule has 0 aliphatic carbocycles. The third-order valence-electron chi connectivity index (χ3n) is 2.61. The van der Waals surface area contributed by atoms with E-state index in [9.17, 15) is 0 Å². The van der Waals surface area contributed by atoms with Gasteiger partial charge in [0.1, 0.15) is 0 Å². The molecule has 0 spiro atoms. The van der Waals surface area contributed by atoms with Gasteiger partial charge in [0, 0.05) is 13.1 Å². The number of allylic oxidation sites excluding steroid dienone is 1. The molecule has 1 nitrogen and oxygen atoms in total. The lowest BCUT2D eigenvalue weighted by molar-refractivity contribution is 0.289. The molecule has 0 radical (unpaired) electrons. The summed E-state index contributed by atoms with van der Waals surface area (Å²) in [5, 5.41) is 0. The SMILES string of the molecule is CC1=CN(CC(C)C)CCC1C. The van der Waals surface area contributed by atoms with Crippen LogP contribution in [0.1, 0.15) is 34.1 Å². The van der Waals surface area contributed by atoms with E-state index in [1.165, 1.54) is 19.5 Å². The smallest absolute Gasteiger partial charge is 0.0195 e. The van der Waals surface area contributed by atoms with Crippen molar-refractivity contribution in [2.24, 2.45) is 11.8 Å². The molecule has 1 heterocycles. The molecule has 1 aliphatic rings. The lowest BCUT2D eigenvalue weighted by Crippen LogP contribution is -2.29. The molecule has 70 valence electrons. The number of rotatable bonds is 2. The van der Waals surface area contributed by atoms with Crippen molar-refractivity contribution in [1.82, 2.24) is 4.90 Å². The molecular formula is C11H21N. The molecule has 12 heavy (non-hydrogen) atoms. The van der Waals surface area contributed by atoms with Gasteiger partial charge in [-0.1, -0.05) is 26.3 Å². The van der Waals surface area contributed by atoms with E-state index in [0.717, 1.165) is 11.8 Å². The van der Waals surface area contributed by atoms with Crippen molar-refractivity contribution in [3.63, 3.8) is 0 Å². The minimum absolute atomic E-state index is 0.780. The summed E-state index contributed by atoms with van der Waals surface area (Å²) in [6.45, 7) is 11.6. The highest BCUT2D eigenvalue weighted by Crippen LogP contribution is 2.21. The van der Waals surface area contributed by atoms with Crippen LogP contribution in [0.15, 0.2) is 11.8 Å². The predicted octanol–water partition coefficient (Wildman–Crippen LogP) is 2.89. The third-order valence-corrected chi connectivity index (χ3v) is 2.61. The van der Waals surface area contributed by atoms with Crippen molar-refractivity contribution in [2.45, 2.75) is 34.1 Å². The van der Waals surface area contributed by atoms with E-state index in [4.69, 9.17) is 0 Å². The molecular weight excluding hydrogens is 146 g/mol. The monoisotopic (exact) mass is 167 g/mol. The number of hydrogen-bond donors (Lipinski definition) is 0. The van der Waals surface area contributed by atoms with Crippen LogP contribution in [-0.2, 0) is 0 Å². The van der Waals surface area contributed by atoms with Crippen molar-refractivity contribution in [1.29, 1.82) is 0 Å². The van der Waals surface area contributed by atoms with Crippen LogP contribution in [0.4, 0.5) is 0 Å². The van der Waals surface area contributed by atoms with Gasteiger partial charge in [0.15, 0.2) is 0 Å². The Balaban J connectivity index is 2.48. The fraction of sp³-hybridized carbons (Fsp3) is 0.818. The lowest BCUT2D eigenvalue weighted by atomic mass is 9.96. The summed E-state index contributed by atoms with van der Waals surface area (Å²) in [6.07, 6.45) is 3.67. The maximum absolute atomic E-state index is 2.46. The van der Waals surface area contributed by atoms with Crippen LogP contribution in [0.3, 0.4) is 0 Å². The molecule has 0 aromatic carbocycles. The summed E-state index contributed by atoms with van der Waals surface area (Å²) < 4.78 is 0. The Kier molecular flexibility index (Phi) is 3.19. The first kappa shape index (κ1) is 9.63. The van der Waals surface area contributed by atoms with E-state index < -0.39 is 0 Å². The lowest BCUT2D eigenvalue weighted by Gasteiger charge is -2.30. The van der Waals surface area contributed by atoms with Gasteiger partial charge in [0.05, 0.1) is 0 Å². The van der Waals surface area contributed by atoms with E-state index in [0.29, 0.717) is 0 Å². The van der Waals surface area contributed by atoms with Crippen molar-refractivity contribution < 1.29 is 0 Å². The molecule has 0 bridgehead atoms. The minimum Gasteiger partial charge on any atom is -0.377 e. The van der Waals surface area contributed by atoms with Crippen LogP contribution in [0, 0.1) is 11.8 Å². The summed E-state index contributed by atoms with van der Waals surface area (Å²) in [6, 6.07) is 0. The highest BCUT2D eigenvalue weighted by atomic mass is 15.1. The Bertz CT molecular complexity index is 170. The first-order valence-electron chi connectivity index (χ1n) is 5.02. The maximum Gasteiger partial charge on any atom is 0.0195 e. The second kappa shape index (κ2) is 3.97. The van der Waals surface area contributed by atoms with E-state index in [-0.39, 0.29) is 0 Å². The first-order valence-corrected chi connectivity index (χ1v) is 5.02. The average Bonchev–Trinajstić information content (AvgIpc) is 1.96. The van der Waals surface area contributed by atoms with E-state index in [1.807, 2.05) is 0 Å². The standard InChI is InChI=1S/C11H21N/c1-9(2)7-12-6-5-10(3)11(4)8-12/h8-10H,5-7H2,1-4H3. The number of nitrogens with zero attached hydrogens (tertiary/aromatic N) is 1. The Morgan fingerprint density at radius 1 is 1.58 bits per heavy atom. The molecule has 1 unspecified atom stereocenters. The second-order valence-electron chi connectivity index (χ2n) is 4.45. The predicted molar refractivity (Wildman–Crippen MR) is 53.9 cm³/mol. The van der Waals surface area contributed by atoms with E-state index in [2.05, 4.69) is 38.8 Å². The summed E-state index contributed by atoms with van der Waals surface area (Å²) in [7, 11) is 0. The van der Waals surface area contributed by atoms with E-state index >= 15 is 0 Å². The molecule has 1 rings (SSSR count). The highest BCUT2D eigenvalue weighted by Gasteiger charge is 2.14. The molecule has 1 aliphatic heterocycles. The van der Waals surface area contributed by atoms with Gasteiger partial charge in [-0.2, -0.15) is 0 Å². The molecule has 1 atom stereocenters. The quantitative estimate of drug-likeness (QED) is 0.611. The van der Waals surface area contributed by atoms with Gasteiger partial charge in [-0.15, -0.1) is 0 Å². The minimum atomic E-state index is 0.780. The zero-order valence-corrected chi connectivity index (χ0v) is 8.80. The van der Waals surface area contributed by atoms with Crippen LogP contribution in [0.25, 0.3) is 0 Å². The Morgan fingerprint density at radius 3 is 2.75 bits per heavy atom. The average molecular weight is 167 g/mol. The molecule has 0 aromatic rings. The van der Waals surface area contributed by atoms with Gasteiger partial charge >= 0.3 is 0 Å². The molecule has 0 amide bonds. The molecule has 0 saturated heterocycles. The summed E-state index contributed by atoms with van der Waals surface area (Å²) in [5.74, 6) is 1.58. The zero-order chi connectivity index (χ0) is 9.14. The Hall–Kier alpha value is -0.460. The van der Waals surface area contributed by atoms with Gasteiger partial charge in [-0.05, 0) is 31.4 Å². The van der Waals surface area contributed by atoms with Crippen LogP contribution >= 0.6 is 0 Å². The van der Waals surface area contributed by atoms with Crippen molar-refractivity contribution in [3.8, 4) is 0 Å². The van der Waals surface area contributed by atoms with Crippen molar-refractivity contribution in [2.75, 3.05) is 13.1 Å². The third kappa shape index (κ3) is 2.54. The molecule has 0 aromatic heterocycles. The van der Waals surface area contributed by atoms with Crippen molar-refractivity contribution >= 4 is 0 Å². The fourth-order valence-corrected chi connectivity index (χ4v) is 1.68. The molecule has 0 N–H and O–H groups in total. The Morgan fingerprint density at radius 2 is 2.25 bits per heavy atom. The number of hydrogen-bond acceptors (Lipinski definition) is 1. The van der Waals surface area contributed by atoms with Gasteiger partial charge in [-0.3, -0.25) is 0 Å². The maximum atomic E-state index is 2.46. The highest BCUT2D eigenvalue weighted by molar-refractivity contribution is 5.05. The van der Waals surface area contributed by atoms with Crippen LogP contribution in [-0.4, -0.2) is 18.0 Å². The van der Waals surface area contributed by atoms with Crippen molar-refractivity contribution in [3.05, 3.63) is 11.8 Å². The zero-order valence-electron chi connectivity index (χ0n) is 8.80. The summed E-state index contributed by atoms with van der Waals surface area (Å²) >= 11 is 0. The molecule has 0 saturated carbocycles. The Labute approximate surface area is 76.5 Å². The van der Waals surface area contributed by atoms with E-state index in [1.54, 1.807) is 5.57 Å². The normalized spacial score (nSPS) is 24.6. The molecule has 1 heteroatoms. The summed E-state index contributed by atoms with van der Waals surface area (Å²) in [5.41, 5.74) is 1.54. The first-order chi connectivity index (χ1) is 5.59. The summed E-state index contributed by atoms with van der Waals surface area (Å²) in [4.78, 5) is 2.46. The molecule has 0 fully saturated rings. The van der Waals surface area contributed by atoms with Crippen LogP contribution < -0.4 is 0 Å². The van der Waals surface area contributed by atoms with Gasteiger partial charge < -0.3 is 4.90 Å². The van der Waals surface area contributed by atoms with Gasteiger partial charge in [-0.25, -0.2) is 0 Å². The van der Waals surface area contributed by atoms with Crippen LogP contribution in [0.2, 0.25) is 0 Å². The van der Waals surface area contributed by atoms with Gasteiger partial charge in [0.25, 0.3) is 0 Å². The van der Waals surface area contributed by atoms with Gasteiger partial charge in [0.2, 0.25) is 0 Å². The fourth-order valence-electron chi connectivity index (χ4n) is 1.68. The second-order valence-corrected chi connectivity index (χ2v) is 4.45. The van der Waals surface area contributed by atoms with Crippen LogP contribution in [0.5, 0.6) is 0 Å².